The van der Waals surface area contributed by atoms with Gasteiger partial charge in [-0.15, -0.1) is 0 Å². The fraction of sp³-hybridized carbons (Fsp3) is 0.909. The van der Waals surface area contributed by atoms with Gasteiger partial charge in [0.2, 0.25) is 5.91 Å². The number of hydrogen-bond acceptors (Lipinski definition) is 3. The van der Waals surface area contributed by atoms with Crippen LogP contribution in [0.3, 0.4) is 0 Å². The van der Waals surface area contributed by atoms with Crippen molar-refractivity contribution in [2.45, 2.75) is 18.9 Å². The van der Waals surface area contributed by atoms with Crippen LogP contribution in [0.1, 0.15) is 12.8 Å². The molecule has 2 aliphatic heterocycles. The van der Waals surface area contributed by atoms with E-state index in [-0.39, 0.29) is 5.92 Å². The summed E-state index contributed by atoms with van der Waals surface area (Å²) < 4.78 is 0. The van der Waals surface area contributed by atoms with Crippen LogP contribution in [0.15, 0.2) is 0 Å². The Balaban J connectivity index is 1.84. The molecule has 1 N–H and O–H groups in total. The normalized spacial score (nSPS) is 24.9. The molecule has 0 atom stereocenters. The van der Waals surface area contributed by atoms with E-state index in [9.17, 15) is 4.79 Å². The zero-order chi connectivity index (χ0) is 10.8. The van der Waals surface area contributed by atoms with E-state index >= 15 is 0 Å². The third kappa shape index (κ3) is 2.32. The Hall–Kier alpha value is -0.610. The molecule has 0 spiro atoms. The molecule has 15 heavy (non-hydrogen) atoms. The van der Waals surface area contributed by atoms with Gasteiger partial charge >= 0.3 is 0 Å². The third-order valence-electron chi connectivity index (χ3n) is 3.71. The molecular weight excluding hydrogens is 190 g/mol. The van der Waals surface area contributed by atoms with Crippen LogP contribution in [0, 0.1) is 5.92 Å². The lowest BCUT2D eigenvalue weighted by atomic mass is 9.98. The first-order valence-electron chi connectivity index (χ1n) is 5.84. The Labute approximate surface area is 91.6 Å². The number of nitrogens with zero attached hydrogens (tertiary/aromatic N) is 2. The van der Waals surface area contributed by atoms with Crippen LogP contribution in [0.5, 0.6) is 0 Å². The van der Waals surface area contributed by atoms with Crippen LogP contribution in [-0.2, 0) is 4.79 Å². The summed E-state index contributed by atoms with van der Waals surface area (Å²) in [4.78, 5) is 16.3. The Morgan fingerprint density at radius 3 is 2.40 bits per heavy atom. The van der Waals surface area contributed by atoms with Gasteiger partial charge in [0.25, 0.3) is 0 Å². The molecule has 0 bridgehead atoms. The molecule has 0 aliphatic carbocycles. The second kappa shape index (κ2) is 4.49. The topological polar surface area (TPSA) is 35.6 Å². The van der Waals surface area contributed by atoms with E-state index < -0.39 is 0 Å². The number of piperidine rings is 1. The van der Waals surface area contributed by atoms with Gasteiger partial charge < -0.3 is 15.1 Å². The molecule has 4 heteroatoms. The minimum absolute atomic E-state index is 0.245. The average molecular weight is 211 g/mol. The standard InChI is InChI=1S/C11H21N3O/c1-13-5-3-10(4-6-13)14(2)11(15)9-7-12-8-9/h9-10,12H,3-8H2,1-2H3. The smallest absolute Gasteiger partial charge is 0.228 e. The van der Waals surface area contributed by atoms with E-state index in [0.29, 0.717) is 11.9 Å². The summed E-state index contributed by atoms with van der Waals surface area (Å²) in [6, 6.07) is 0.467. The lowest BCUT2D eigenvalue weighted by Gasteiger charge is -2.38. The Morgan fingerprint density at radius 1 is 1.33 bits per heavy atom. The summed E-state index contributed by atoms with van der Waals surface area (Å²) in [5.74, 6) is 0.581. The highest BCUT2D eigenvalue weighted by Crippen LogP contribution is 2.17. The van der Waals surface area contributed by atoms with Gasteiger partial charge in [0.05, 0.1) is 5.92 Å². The molecular formula is C11H21N3O. The van der Waals surface area contributed by atoms with Crippen molar-refractivity contribution in [2.75, 3.05) is 40.3 Å². The molecule has 2 heterocycles. The predicted octanol–water partition coefficient (Wildman–Crippen LogP) is -0.242. The summed E-state index contributed by atoms with van der Waals surface area (Å²) in [6.07, 6.45) is 2.25. The lowest BCUT2D eigenvalue weighted by molar-refractivity contribution is -0.138. The van der Waals surface area contributed by atoms with Gasteiger partial charge in [-0.1, -0.05) is 0 Å². The predicted molar refractivity (Wildman–Crippen MR) is 59.6 cm³/mol. The maximum Gasteiger partial charge on any atom is 0.228 e. The number of rotatable bonds is 2. The van der Waals surface area contributed by atoms with E-state index in [1.807, 2.05) is 11.9 Å². The fourth-order valence-corrected chi connectivity index (χ4v) is 2.31. The van der Waals surface area contributed by atoms with Crippen LogP contribution in [-0.4, -0.2) is 62.0 Å². The highest BCUT2D eigenvalue weighted by molar-refractivity contribution is 5.80. The second-order valence-corrected chi connectivity index (χ2v) is 4.84. The SMILES string of the molecule is CN1CCC(N(C)C(=O)C2CNC2)CC1. The number of amides is 1. The van der Waals surface area contributed by atoms with Crippen LogP contribution in [0.25, 0.3) is 0 Å². The molecule has 0 unspecified atom stereocenters. The minimum Gasteiger partial charge on any atom is -0.342 e. The molecule has 1 amide bonds. The van der Waals surface area contributed by atoms with Gasteiger partial charge in [-0.3, -0.25) is 4.79 Å². The number of likely N-dealkylation sites (tertiary alicyclic amines) is 1. The van der Waals surface area contributed by atoms with E-state index in [1.54, 1.807) is 0 Å². The Kier molecular flexibility index (Phi) is 3.26. The largest absolute Gasteiger partial charge is 0.342 e. The molecule has 86 valence electrons. The van der Waals surface area contributed by atoms with Crippen LogP contribution in [0.2, 0.25) is 0 Å². The molecule has 0 aromatic carbocycles. The summed E-state index contributed by atoms with van der Waals surface area (Å²) in [5.41, 5.74) is 0. The minimum atomic E-state index is 0.245. The maximum absolute atomic E-state index is 12.0. The maximum atomic E-state index is 12.0. The molecule has 0 saturated carbocycles. The van der Waals surface area contributed by atoms with Crippen molar-refractivity contribution < 1.29 is 4.79 Å². The van der Waals surface area contributed by atoms with E-state index in [1.165, 1.54) is 0 Å². The molecule has 2 saturated heterocycles. The summed E-state index contributed by atoms with van der Waals surface area (Å²) in [7, 11) is 4.12. The van der Waals surface area contributed by atoms with Gasteiger partial charge in [0.1, 0.15) is 0 Å². The third-order valence-corrected chi connectivity index (χ3v) is 3.71. The quantitative estimate of drug-likeness (QED) is 0.684. The van der Waals surface area contributed by atoms with Gasteiger partial charge in [-0.2, -0.15) is 0 Å². The van der Waals surface area contributed by atoms with E-state index in [2.05, 4.69) is 17.3 Å². The van der Waals surface area contributed by atoms with Gasteiger partial charge in [0, 0.05) is 26.2 Å². The second-order valence-electron chi connectivity index (χ2n) is 4.84. The van der Waals surface area contributed by atoms with Crippen molar-refractivity contribution in [3.8, 4) is 0 Å². The summed E-state index contributed by atoms with van der Waals surface area (Å²) in [5, 5.41) is 3.15. The van der Waals surface area contributed by atoms with Crippen LogP contribution in [0.4, 0.5) is 0 Å². The Morgan fingerprint density at radius 2 is 1.93 bits per heavy atom. The highest BCUT2D eigenvalue weighted by atomic mass is 16.2. The zero-order valence-electron chi connectivity index (χ0n) is 9.70. The summed E-state index contributed by atoms with van der Waals surface area (Å²) in [6.45, 7) is 3.97. The van der Waals surface area contributed by atoms with E-state index in [4.69, 9.17) is 0 Å². The van der Waals surface area contributed by atoms with Crippen molar-refractivity contribution in [3.63, 3.8) is 0 Å². The Bertz CT molecular complexity index is 232. The number of carbonyl (C=O) groups is 1. The molecule has 2 rings (SSSR count). The first-order valence-corrected chi connectivity index (χ1v) is 5.84. The average Bonchev–Trinajstić information content (AvgIpc) is 2.15. The molecule has 0 radical (unpaired) electrons. The monoisotopic (exact) mass is 211 g/mol. The lowest BCUT2D eigenvalue weighted by Crippen LogP contribution is -2.54. The number of nitrogens with one attached hydrogen (secondary N) is 1. The molecule has 0 aromatic heterocycles. The van der Waals surface area contributed by atoms with Crippen molar-refractivity contribution in [1.29, 1.82) is 0 Å². The summed E-state index contributed by atoms with van der Waals surface area (Å²) >= 11 is 0. The van der Waals surface area contributed by atoms with Crippen molar-refractivity contribution in [1.82, 2.24) is 15.1 Å². The van der Waals surface area contributed by atoms with E-state index in [0.717, 1.165) is 39.0 Å². The first-order chi connectivity index (χ1) is 7.18. The van der Waals surface area contributed by atoms with Crippen LogP contribution >= 0.6 is 0 Å². The van der Waals surface area contributed by atoms with Crippen molar-refractivity contribution >= 4 is 5.91 Å². The van der Waals surface area contributed by atoms with Crippen LogP contribution < -0.4 is 5.32 Å². The molecule has 0 aromatic rings. The van der Waals surface area contributed by atoms with Crippen molar-refractivity contribution in [2.24, 2.45) is 5.92 Å². The first kappa shape index (κ1) is 10.9. The van der Waals surface area contributed by atoms with Gasteiger partial charge in [0.15, 0.2) is 0 Å². The number of carbonyl (C=O) groups excluding carboxylic acids is 1. The van der Waals surface area contributed by atoms with Gasteiger partial charge in [-0.05, 0) is 33.0 Å². The van der Waals surface area contributed by atoms with Crippen molar-refractivity contribution in [3.05, 3.63) is 0 Å². The highest BCUT2D eigenvalue weighted by Gasteiger charge is 2.31. The number of hydrogen-bond donors (Lipinski definition) is 1. The fourth-order valence-electron chi connectivity index (χ4n) is 2.31. The molecule has 2 fully saturated rings. The molecule has 2 aliphatic rings. The van der Waals surface area contributed by atoms with Gasteiger partial charge in [-0.25, -0.2) is 0 Å². The zero-order valence-corrected chi connectivity index (χ0v) is 9.70. The molecule has 4 nitrogen and oxygen atoms in total.